The molecule has 0 aromatic carbocycles. The van der Waals surface area contributed by atoms with Crippen molar-refractivity contribution in [3.8, 4) is 0 Å². The minimum atomic E-state index is -0.232. The number of carbonyl (C=O) groups is 1. The minimum absolute atomic E-state index is 0.0518. The van der Waals surface area contributed by atoms with E-state index in [1.54, 1.807) is 18.0 Å². The number of carbonyl (C=O) groups excluding carboxylic acids is 1. The van der Waals surface area contributed by atoms with Crippen LogP contribution in [-0.4, -0.2) is 45.6 Å². The molecule has 7 heteroatoms. The van der Waals surface area contributed by atoms with Gasteiger partial charge in [-0.3, -0.25) is 4.79 Å². The monoisotopic (exact) mass is 318 g/mol. The number of aromatic amines is 1. The molecule has 1 atom stereocenters. The van der Waals surface area contributed by atoms with E-state index in [0.29, 0.717) is 36.7 Å². The molecule has 3 rings (SSSR count). The summed E-state index contributed by atoms with van der Waals surface area (Å²) in [6.45, 7) is 9.23. The fraction of sp³-hybridized carbons (Fsp3) is 0.562. The van der Waals surface area contributed by atoms with Crippen LogP contribution in [0.15, 0.2) is 10.7 Å². The normalized spacial score (nSPS) is 18.7. The highest BCUT2D eigenvalue weighted by atomic mass is 16.5. The quantitative estimate of drug-likeness (QED) is 0.939. The number of aryl methyl sites for hydroxylation is 2. The Hall–Kier alpha value is -2.15. The number of amides is 1. The van der Waals surface area contributed by atoms with Gasteiger partial charge in [-0.25, -0.2) is 4.98 Å². The van der Waals surface area contributed by atoms with Crippen molar-refractivity contribution in [1.29, 1.82) is 0 Å². The van der Waals surface area contributed by atoms with Crippen molar-refractivity contribution < 1.29 is 14.1 Å². The van der Waals surface area contributed by atoms with Crippen molar-refractivity contribution in [1.82, 2.24) is 20.0 Å². The Labute approximate surface area is 135 Å². The second kappa shape index (κ2) is 6.16. The van der Waals surface area contributed by atoms with Crippen LogP contribution in [0, 0.1) is 13.8 Å². The third-order valence-electron chi connectivity index (χ3n) is 4.03. The topological polar surface area (TPSA) is 84.2 Å². The van der Waals surface area contributed by atoms with Gasteiger partial charge in [0.25, 0.3) is 5.91 Å². The summed E-state index contributed by atoms with van der Waals surface area (Å²) in [7, 11) is 0. The van der Waals surface area contributed by atoms with E-state index in [-0.39, 0.29) is 17.9 Å². The molecule has 3 heterocycles. The van der Waals surface area contributed by atoms with Crippen molar-refractivity contribution in [2.75, 3.05) is 19.7 Å². The molecule has 1 unspecified atom stereocenters. The van der Waals surface area contributed by atoms with Crippen molar-refractivity contribution >= 4 is 5.91 Å². The van der Waals surface area contributed by atoms with Crippen LogP contribution in [0.3, 0.4) is 0 Å². The number of ether oxygens (including phenoxy) is 1. The van der Waals surface area contributed by atoms with Crippen molar-refractivity contribution in [3.05, 3.63) is 34.7 Å². The summed E-state index contributed by atoms with van der Waals surface area (Å²) in [6, 6.07) is 0. The van der Waals surface area contributed by atoms with Gasteiger partial charge in [-0.15, -0.1) is 0 Å². The Morgan fingerprint density at radius 3 is 2.87 bits per heavy atom. The average Bonchev–Trinajstić information content (AvgIpc) is 3.13. The molecule has 1 N–H and O–H groups in total. The first-order chi connectivity index (χ1) is 11.0. The SMILES string of the molecule is Cc1cnc(C2CN(C(=O)c3c(C(C)C)noc3C)CCO2)[nH]1. The van der Waals surface area contributed by atoms with Gasteiger partial charge >= 0.3 is 0 Å². The zero-order valence-electron chi connectivity index (χ0n) is 13.9. The van der Waals surface area contributed by atoms with Gasteiger partial charge in [0.15, 0.2) is 0 Å². The van der Waals surface area contributed by atoms with E-state index in [0.717, 1.165) is 11.5 Å². The lowest BCUT2D eigenvalue weighted by Gasteiger charge is -2.32. The Morgan fingerprint density at radius 1 is 1.43 bits per heavy atom. The maximum atomic E-state index is 12.9. The second-order valence-corrected chi connectivity index (χ2v) is 6.22. The van der Waals surface area contributed by atoms with Gasteiger partial charge in [-0.1, -0.05) is 19.0 Å². The van der Waals surface area contributed by atoms with E-state index in [1.807, 2.05) is 20.8 Å². The highest BCUT2D eigenvalue weighted by molar-refractivity contribution is 5.96. The predicted molar refractivity (Wildman–Crippen MR) is 83.3 cm³/mol. The third-order valence-corrected chi connectivity index (χ3v) is 4.03. The van der Waals surface area contributed by atoms with Crippen LogP contribution in [0.5, 0.6) is 0 Å². The molecule has 1 fully saturated rings. The molecule has 0 spiro atoms. The number of morpholine rings is 1. The largest absolute Gasteiger partial charge is 0.367 e. The summed E-state index contributed by atoms with van der Waals surface area (Å²) in [6.07, 6.45) is 1.53. The average molecular weight is 318 g/mol. The molecule has 0 aliphatic carbocycles. The van der Waals surface area contributed by atoms with Crippen LogP contribution in [0.1, 0.15) is 59.2 Å². The van der Waals surface area contributed by atoms with Crippen LogP contribution in [0.4, 0.5) is 0 Å². The second-order valence-electron chi connectivity index (χ2n) is 6.22. The Kier molecular flexibility index (Phi) is 4.21. The zero-order chi connectivity index (χ0) is 16.6. The molecule has 2 aromatic rings. The summed E-state index contributed by atoms with van der Waals surface area (Å²) < 4.78 is 11.0. The van der Waals surface area contributed by atoms with E-state index in [4.69, 9.17) is 9.26 Å². The molecule has 0 radical (unpaired) electrons. The molecule has 7 nitrogen and oxygen atoms in total. The smallest absolute Gasteiger partial charge is 0.259 e. The third kappa shape index (κ3) is 3.01. The summed E-state index contributed by atoms with van der Waals surface area (Å²) in [5, 5.41) is 4.04. The maximum Gasteiger partial charge on any atom is 0.259 e. The molecule has 1 amide bonds. The molecular weight excluding hydrogens is 296 g/mol. The fourth-order valence-corrected chi connectivity index (χ4v) is 2.80. The number of hydrogen-bond acceptors (Lipinski definition) is 5. The van der Waals surface area contributed by atoms with Gasteiger partial charge in [-0.05, 0) is 19.8 Å². The van der Waals surface area contributed by atoms with Crippen LogP contribution in [-0.2, 0) is 4.74 Å². The summed E-state index contributed by atoms with van der Waals surface area (Å²) in [4.78, 5) is 22.2. The molecule has 0 bridgehead atoms. The van der Waals surface area contributed by atoms with E-state index in [1.165, 1.54) is 0 Å². The number of nitrogens with one attached hydrogen (secondary N) is 1. The first kappa shape index (κ1) is 15.7. The summed E-state index contributed by atoms with van der Waals surface area (Å²) in [5.74, 6) is 1.40. The first-order valence-corrected chi connectivity index (χ1v) is 7.86. The van der Waals surface area contributed by atoms with Crippen molar-refractivity contribution in [2.45, 2.75) is 39.7 Å². The molecule has 1 aliphatic heterocycles. The lowest BCUT2D eigenvalue weighted by molar-refractivity contribution is -0.0265. The van der Waals surface area contributed by atoms with Crippen molar-refractivity contribution in [2.24, 2.45) is 0 Å². The van der Waals surface area contributed by atoms with Crippen LogP contribution < -0.4 is 0 Å². The van der Waals surface area contributed by atoms with Crippen LogP contribution in [0.25, 0.3) is 0 Å². The van der Waals surface area contributed by atoms with Gasteiger partial charge in [-0.2, -0.15) is 0 Å². The number of nitrogens with zero attached hydrogens (tertiary/aromatic N) is 3. The number of hydrogen-bond donors (Lipinski definition) is 1. The van der Waals surface area contributed by atoms with Crippen LogP contribution >= 0.6 is 0 Å². The van der Waals surface area contributed by atoms with E-state index in [2.05, 4.69) is 15.1 Å². The number of imidazole rings is 1. The number of H-pyrrole nitrogens is 1. The zero-order valence-corrected chi connectivity index (χ0v) is 13.9. The highest BCUT2D eigenvalue weighted by Gasteiger charge is 2.31. The molecule has 1 aliphatic rings. The molecule has 2 aromatic heterocycles. The fourth-order valence-electron chi connectivity index (χ4n) is 2.80. The maximum absolute atomic E-state index is 12.9. The number of aromatic nitrogens is 3. The standard InChI is InChI=1S/C16H22N4O3/c1-9(2)14-13(11(4)23-19-14)16(21)20-5-6-22-12(8-20)15-17-7-10(3)18-15/h7,9,12H,5-6,8H2,1-4H3,(H,17,18). The molecule has 124 valence electrons. The van der Waals surface area contributed by atoms with E-state index < -0.39 is 0 Å². The summed E-state index contributed by atoms with van der Waals surface area (Å²) in [5.41, 5.74) is 2.27. The Balaban J connectivity index is 1.81. The van der Waals surface area contributed by atoms with Gasteiger partial charge in [0.05, 0.1) is 18.8 Å². The van der Waals surface area contributed by atoms with Gasteiger partial charge in [0.1, 0.15) is 23.3 Å². The summed E-state index contributed by atoms with van der Waals surface area (Å²) >= 11 is 0. The first-order valence-electron chi connectivity index (χ1n) is 7.86. The lowest BCUT2D eigenvalue weighted by Crippen LogP contribution is -2.43. The van der Waals surface area contributed by atoms with E-state index >= 15 is 0 Å². The predicted octanol–water partition coefficient (Wildman–Crippen LogP) is 2.35. The van der Waals surface area contributed by atoms with Gasteiger partial charge in [0, 0.05) is 18.4 Å². The molecular formula is C16H22N4O3. The molecule has 1 saturated heterocycles. The van der Waals surface area contributed by atoms with Gasteiger partial charge < -0.3 is 19.1 Å². The minimum Gasteiger partial charge on any atom is -0.367 e. The Bertz CT molecular complexity index is 704. The molecule has 0 saturated carbocycles. The van der Waals surface area contributed by atoms with Crippen LogP contribution in [0.2, 0.25) is 0 Å². The Morgan fingerprint density at radius 2 is 2.22 bits per heavy atom. The van der Waals surface area contributed by atoms with E-state index in [9.17, 15) is 4.79 Å². The molecule has 23 heavy (non-hydrogen) atoms. The van der Waals surface area contributed by atoms with Crippen molar-refractivity contribution in [3.63, 3.8) is 0 Å². The lowest BCUT2D eigenvalue weighted by atomic mass is 10.0. The highest BCUT2D eigenvalue weighted by Crippen LogP contribution is 2.26. The number of rotatable bonds is 3. The van der Waals surface area contributed by atoms with Gasteiger partial charge in [0.2, 0.25) is 0 Å².